The summed E-state index contributed by atoms with van der Waals surface area (Å²) in [4.78, 5) is 19.5. The van der Waals surface area contributed by atoms with Gasteiger partial charge in [-0.2, -0.15) is 8.78 Å². The van der Waals surface area contributed by atoms with Crippen LogP contribution in [0.4, 0.5) is 13.8 Å². The van der Waals surface area contributed by atoms with Crippen molar-refractivity contribution in [1.29, 1.82) is 0 Å². The summed E-state index contributed by atoms with van der Waals surface area (Å²) in [7, 11) is 0. The van der Waals surface area contributed by atoms with Gasteiger partial charge in [0.2, 0.25) is 5.90 Å². The molecule has 0 unspecified atom stereocenters. The number of thiophene rings is 1. The predicted molar refractivity (Wildman–Crippen MR) is 101 cm³/mol. The fourth-order valence-electron chi connectivity index (χ4n) is 2.82. The highest BCUT2D eigenvalue weighted by Gasteiger charge is 2.24. The molecule has 6 nitrogen and oxygen atoms in total. The Balaban J connectivity index is 1.50. The van der Waals surface area contributed by atoms with E-state index >= 15 is 0 Å². The number of halogens is 2. The lowest BCUT2D eigenvalue weighted by molar-refractivity contribution is -0.129. The Kier molecular flexibility index (Phi) is 5.36. The van der Waals surface area contributed by atoms with Gasteiger partial charge in [0.15, 0.2) is 5.70 Å². The van der Waals surface area contributed by atoms with Crippen LogP contribution in [0.15, 0.2) is 47.1 Å². The van der Waals surface area contributed by atoms with Crippen LogP contribution in [-0.4, -0.2) is 44.8 Å². The first-order valence-electron chi connectivity index (χ1n) is 8.59. The highest BCUT2D eigenvalue weighted by Crippen LogP contribution is 2.30. The van der Waals surface area contributed by atoms with Gasteiger partial charge in [-0.15, -0.1) is 11.3 Å². The number of aliphatic imine (C=N–C) groups is 1. The van der Waals surface area contributed by atoms with Gasteiger partial charge < -0.3 is 19.1 Å². The summed E-state index contributed by atoms with van der Waals surface area (Å²) in [5.74, 6) is -0.400. The van der Waals surface area contributed by atoms with E-state index in [1.165, 1.54) is 24.3 Å². The molecule has 28 heavy (non-hydrogen) atoms. The number of nitrogens with zero attached hydrogens (tertiary/aromatic N) is 2. The number of esters is 1. The average molecular weight is 406 g/mol. The van der Waals surface area contributed by atoms with Gasteiger partial charge in [-0.25, -0.2) is 9.79 Å². The summed E-state index contributed by atoms with van der Waals surface area (Å²) in [6, 6.07) is 9.69. The molecule has 0 atom stereocenters. The molecule has 9 heteroatoms. The minimum absolute atomic E-state index is 0.0219. The molecule has 0 saturated carbocycles. The number of morpholine rings is 1. The molecule has 0 N–H and O–H groups in total. The maximum absolute atomic E-state index is 12.2. The maximum Gasteiger partial charge on any atom is 0.387 e. The van der Waals surface area contributed by atoms with Crippen LogP contribution in [0.1, 0.15) is 10.4 Å². The van der Waals surface area contributed by atoms with E-state index < -0.39 is 12.6 Å². The maximum atomic E-state index is 12.2. The number of cyclic esters (lactones) is 1. The van der Waals surface area contributed by atoms with Crippen molar-refractivity contribution in [1.82, 2.24) is 0 Å². The molecule has 0 radical (unpaired) electrons. The number of benzene rings is 1. The first-order chi connectivity index (χ1) is 13.6. The number of hydrogen-bond donors (Lipinski definition) is 0. The van der Waals surface area contributed by atoms with E-state index in [0.717, 1.165) is 23.0 Å². The summed E-state index contributed by atoms with van der Waals surface area (Å²) in [6.45, 7) is 0.193. The second kappa shape index (κ2) is 8.07. The summed E-state index contributed by atoms with van der Waals surface area (Å²) < 4.78 is 39.3. The largest absolute Gasteiger partial charge is 0.435 e. The molecule has 1 fully saturated rings. The van der Waals surface area contributed by atoms with Crippen molar-refractivity contribution in [2.75, 3.05) is 31.2 Å². The SMILES string of the molecule is O=C1OC(c2ccc(OC(F)F)cc2)=N/C1=C\c1ccc(N2CCOCC2)s1. The molecule has 1 saturated heterocycles. The summed E-state index contributed by atoms with van der Waals surface area (Å²) in [5.41, 5.74) is 0.692. The second-order valence-electron chi connectivity index (χ2n) is 6.01. The molecule has 1 aromatic heterocycles. The van der Waals surface area contributed by atoms with E-state index in [4.69, 9.17) is 9.47 Å². The Hall–Kier alpha value is -2.78. The lowest BCUT2D eigenvalue weighted by atomic mass is 10.2. The average Bonchev–Trinajstić information content (AvgIpc) is 3.30. The Morgan fingerprint density at radius 2 is 1.89 bits per heavy atom. The topological polar surface area (TPSA) is 60.4 Å². The van der Waals surface area contributed by atoms with Crippen LogP contribution < -0.4 is 9.64 Å². The smallest absolute Gasteiger partial charge is 0.387 e. The van der Waals surface area contributed by atoms with Gasteiger partial charge in [-0.1, -0.05) is 0 Å². The summed E-state index contributed by atoms with van der Waals surface area (Å²) >= 11 is 1.56. The molecule has 4 rings (SSSR count). The second-order valence-corrected chi connectivity index (χ2v) is 7.11. The van der Waals surface area contributed by atoms with Crippen molar-refractivity contribution in [2.24, 2.45) is 4.99 Å². The van der Waals surface area contributed by atoms with E-state index in [2.05, 4.69) is 14.6 Å². The minimum Gasteiger partial charge on any atom is -0.435 e. The fourth-order valence-corrected chi connectivity index (χ4v) is 3.82. The third-order valence-electron chi connectivity index (χ3n) is 4.16. The minimum atomic E-state index is -2.89. The summed E-state index contributed by atoms with van der Waals surface area (Å²) in [5, 5.41) is 1.11. The van der Waals surface area contributed by atoms with E-state index in [-0.39, 0.29) is 17.3 Å². The first-order valence-corrected chi connectivity index (χ1v) is 9.40. The van der Waals surface area contributed by atoms with Crippen LogP contribution in [0.5, 0.6) is 5.75 Å². The molecular formula is C19H16F2N2O4S. The number of anilines is 1. The van der Waals surface area contributed by atoms with Crippen molar-refractivity contribution in [3.8, 4) is 5.75 Å². The molecule has 2 aliphatic heterocycles. The monoisotopic (exact) mass is 406 g/mol. The third-order valence-corrected chi connectivity index (χ3v) is 5.25. The Morgan fingerprint density at radius 3 is 2.61 bits per heavy atom. The Morgan fingerprint density at radius 1 is 1.14 bits per heavy atom. The van der Waals surface area contributed by atoms with Crippen LogP contribution in [0, 0.1) is 0 Å². The van der Waals surface area contributed by atoms with E-state index in [1.807, 2.05) is 12.1 Å². The van der Waals surface area contributed by atoms with E-state index in [9.17, 15) is 13.6 Å². The molecular weight excluding hydrogens is 390 g/mol. The molecule has 2 aliphatic rings. The standard InChI is InChI=1S/C19H16F2N2O4S/c20-19(21)26-13-3-1-12(2-4-13)17-22-15(18(24)27-17)11-14-5-6-16(28-14)23-7-9-25-10-8-23/h1-6,11,19H,7-10H2/b15-11-. The predicted octanol–water partition coefficient (Wildman–Crippen LogP) is 3.53. The van der Waals surface area contributed by atoms with Gasteiger partial charge in [0.1, 0.15) is 5.75 Å². The molecule has 3 heterocycles. The zero-order chi connectivity index (χ0) is 19.5. The van der Waals surface area contributed by atoms with Gasteiger partial charge in [0.05, 0.1) is 18.2 Å². The third kappa shape index (κ3) is 4.20. The lowest BCUT2D eigenvalue weighted by Crippen LogP contribution is -2.35. The van der Waals surface area contributed by atoms with Gasteiger partial charge in [0.25, 0.3) is 0 Å². The molecule has 0 spiro atoms. The molecule has 146 valence electrons. The number of alkyl halides is 2. The van der Waals surface area contributed by atoms with Gasteiger partial charge in [0, 0.05) is 23.5 Å². The first kappa shape index (κ1) is 18.6. The van der Waals surface area contributed by atoms with Crippen molar-refractivity contribution in [3.63, 3.8) is 0 Å². The van der Waals surface area contributed by atoms with Crippen LogP contribution in [0.25, 0.3) is 6.08 Å². The summed E-state index contributed by atoms with van der Waals surface area (Å²) in [6.07, 6.45) is 1.68. The van der Waals surface area contributed by atoms with Crippen molar-refractivity contribution in [3.05, 3.63) is 52.5 Å². The number of hydrogen-bond acceptors (Lipinski definition) is 7. The highest BCUT2D eigenvalue weighted by molar-refractivity contribution is 7.16. The number of carbonyl (C=O) groups excluding carboxylic acids is 1. The Labute approximate surface area is 163 Å². The highest BCUT2D eigenvalue weighted by atomic mass is 32.1. The van der Waals surface area contributed by atoms with Gasteiger partial charge in [-0.05, 0) is 42.5 Å². The van der Waals surface area contributed by atoms with Crippen molar-refractivity contribution >= 4 is 34.3 Å². The molecule has 0 aliphatic carbocycles. The zero-order valence-electron chi connectivity index (χ0n) is 14.6. The van der Waals surface area contributed by atoms with Crippen LogP contribution >= 0.6 is 11.3 Å². The fraction of sp³-hybridized carbons (Fsp3) is 0.263. The Bertz CT molecular complexity index is 918. The van der Waals surface area contributed by atoms with E-state index in [1.54, 1.807) is 17.4 Å². The lowest BCUT2D eigenvalue weighted by Gasteiger charge is -2.27. The number of carbonyl (C=O) groups is 1. The van der Waals surface area contributed by atoms with Crippen LogP contribution in [-0.2, 0) is 14.3 Å². The van der Waals surface area contributed by atoms with E-state index in [0.29, 0.717) is 18.8 Å². The van der Waals surface area contributed by atoms with Crippen molar-refractivity contribution < 1.29 is 27.8 Å². The number of rotatable bonds is 5. The molecule has 1 aromatic carbocycles. The van der Waals surface area contributed by atoms with Gasteiger partial charge in [-0.3, -0.25) is 0 Å². The molecule has 0 bridgehead atoms. The normalized spacial score (nSPS) is 18.5. The molecule has 2 aromatic rings. The van der Waals surface area contributed by atoms with Crippen LogP contribution in [0.3, 0.4) is 0 Å². The van der Waals surface area contributed by atoms with Crippen molar-refractivity contribution in [2.45, 2.75) is 6.61 Å². The molecule has 0 amide bonds. The van der Waals surface area contributed by atoms with Gasteiger partial charge >= 0.3 is 12.6 Å². The number of ether oxygens (including phenoxy) is 3. The zero-order valence-corrected chi connectivity index (χ0v) is 15.5. The van der Waals surface area contributed by atoms with Crippen LogP contribution in [0.2, 0.25) is 0 Å². The quantitative estimate of drug-likeness (QED) is 0.562.